The van der Waals surface area contributed by atoms with Crippen molar-refractivity contribution in [1.82, 2.24) is 0 Å². The molecule has 5 nitrogen and oxygen atoms in total. The van der Waals surface area contributed by atoms with E-state index in [1.54, 1.807) is 12.0 Å². The zero-order chi connectivity index (χ0) is 18.3. The molecule has 0 fully saturated rings. The van der Waals surface area contributed by atoms with Crippen molar-refractivity contribution in [2.45, 2.75) is 19.3 Å². The summed E-state index contributed by atoms with van der Waals surface area (Å²) in [5.41, 5.74) is 3.96. The van der Waals surface area contributed by atoms with Gasteiger partial charge in [0.2, 0.25) is 5.91 Å². The van der Waals surface area contributed by atoms with Gasteiger partial charge in [0.05, 0.1) is 18.4 Å². The lowest BCUT2D eigenvalue weighted by Crippen LogP contribution is -2.37. The Morgan fingerprint density at radius 1 is 1.12 bits per heavy atom. The second-order valence-electron chi connectivity index (χ2n) is 6.53. The number of ether oxygens (including phenoxy) is 2. The fraction of sp³-hybridized carbons (Fsp3) is 0.238. The average Bonchev–Trinajstić information content (AvgIpc) is 3.04. The summed E-state index contributed by atoms with van der Waals surface area (Å²) in [6.07, 6.45) is 0.217. The van der Waals surface area contributed by atoms with Crippen LogP contribution in [0.3, 0.4) is 0 Å². The first kappa shape index (κ1) is 16.4. The number of carbonyl (C=O) groups is 2. The third-order valence-corrected chi connectivity index (χ3v) is 4.91. The van der Waals surface area contributed by atoms with Gasteiger partial charge in [-0.1, -0.05) is 29.8 Å². The van der Waals surface area contributed by atoms with Crippen LogP contribution in [0.1, 0.15) is 23.5 Å². The molecule has 0 saturated heterocycles. The van der Waals surface area contributed by atoms with Gasteiger partial charge in [0.1, 0.15) is 12.4 Å². The molecule has 1 amide bonds. The molecule has 26 heavy (non-hydrogen) atoms. The van der Waals surface area contributed by atoms with Crippen LogP contribution in [0.5, 0.6) is 5.75 Å². The van der Waals surface area contributed by atoms with E-state index in [1.165, 1.54) is 0 Å². The highest BCUT2D eigenvalue weighted by molar-refractivity contribution is 6.06. The van der Waals surface area contributed by atoms with Crippen LogP contribution in [0.4, 0.5) is 5.69 Å². The molecule has 2 aliphatic heterocycles. The van der Waals surface area contributed by atoms with Crippen molar-refractivity contribution in [2.24, 2.45) is 0 Å². The van der Waals surface area contributed by atoms with Crippen LogP contribution in [0.15, 0.2) is 59.8 Å². The minimum absolute atomic E-state index is 0.0428. The number of carbonyl (C=O) groups excluding carboxylic acids is 2. The van der Waals surface area contributed by atoms with E-state index in [0.29, 0.717) is 17.0 Å². The van der Waals surface area contributed by atoms with Gasteiger partial charge in [0, 0.05) is 18.0 Å². The highest BCUT2D eigenvalue weighted by atomic mass is 16.5. The van der Waals surface area contributed by atoms with E-state index in [9.17, 15) is 9.59 Å². The van der Waals surface area contributed by atoms with Gasteiger partial charge in [-0.25, -0.2) is 4.79 Å². The molecule has 4 rings (SSSR count). The lowest BCUT2D eigenvalue weighted by atomic mass is 9.84. The minimum Gasteiger partial charge on any atom is -0.497 e. The topological polar surface area (TPSA) is 55.8 Å². The Morgan fingerprint density at radius 2 is 1.88 bits per heavy atom. The first-order valence-electron chi connectivity index (χ1n) is 8.52. The van der Waals surface area contributed by atoms with Gasteiger partial charge < -0.3 is 9.47 Å². The number of nitrogens with zero attached hydrogens (tertiary/aromatic N) is 1. The number of methoxy groups -OCH3 is 1. The summed E-state index contributed by atoms with van der Waals surface area (Å²) < 4.78 is 10.6. The third kappa shape index (κ3) is 2.65. The van der Waals surface area contributed by atoms with E-state index < -0.39 is 0 Å². The Bertz CT molecular complexity index is 914. The Morgan fingerprint density at radius 3 is 2.62 bits per heavy atom. The van der Waals surface area contributed by atoms with Crippen molar-refractivity contribution in [1.29, 1.82) is 0 Å². The minimum atomic E-state index is -0.350. The number of hydrogen-bond donors (Lipinski definition) is 0. The fourth-order valence-electron chi connectivity index (χ4n) is 3.59. The smallest absolute Gasteiger partial charge is 0.336 e. The molecule has 5 heteroatoms. The number of benzene rings is 2. The molecule has 2 aromatic rings. The SMILES string of the molecule is COc1cccc([C@@H]2CC(=O)N(c3ccc(C)cc3)C3=C2C(=O)OC3)c1. The van der Waals surface area contributed by atoms with Gasteiger partial charge in [-0.3, -0.25) is 9.69 Å². The van der Waals surface area contributed by atoms with Gasteiger partial charge in [-0.2, -0.15) is 0 Å². The number of hydrogen-bond acceptors (Lipinski definition) is 4. The summed E-state index contributed by atoms with van der Waals surface area (Å²) in [5, 5.41) is 0. The maximum atomic E-state index is 13.0. The number of cyclic esters (lactones) is 1. The molecule has 132 valence electrons. The predicted octanol–water partition coefficient (Wildman–Crippen LogP) is 3.34. The summed E-state index contributed by atoms with van der Waals surface area (Å²) in [5.74, 6) is -0.00937. The molecule has 0 spiro atoms. The Balaban J connectivity index is 1.81. The highest BCUT2D eigenvalue weighted by Gasteiger charge is 2.42. The fourth-order valence-corrected chi connectivity index (χ4v) is 3.59. The summed E-state index contributed by atoms with van der Waals surface area (Å²) >= 11 is 0. The zero-order valence-electron chi connectivity index (χ0n) is 14.7. The van der Waals surface area contributed by atoms with Crippen LogP contribution < -0.4 is 9.64 Å². The van der Waals surface area contributed by atoms with Gasteiger partial charge in [0.15, 0.2) is 0 Å². The van der Waals surface area contributed by atoms with Crippen LogP contribution >= 0.6 is 0 Å². The van der Waals surface area contributed by atoms with E-state index in [4.69, 9.17) is 9.47 Å². The summed E-state index contributed by atoms with van der Waals surface area (Å²) in [6, 6.07) is 15.2. The molecule has 0 aliphatic carbocycles. The van der Waals surface area contributed by atoms with Crippen LogP contribution in [-0.2, 0) is 14.3 Å². The standard InChI is InChI=1S/C21H19NO4/c1-13-6-8-15(9-7-13)22-18-12-26-21(24)20(18)17(11-19(22)23)14-4-3-5-16(10-14)25-2/h3-10,17H,11-12H2,1-2H3/t17-/m0/s1. The lowest BCUT2D eigenvalue weighted by molar-refractivity contribution is -0.136. The number of esters is 1. The van der Waals surface area contributed by atoms with E-state index in [1.807, 2.05) is 55.5 Å². The first-order chi connectivity index (χ1) is 12.6. The van der Waals surface area contributed by atoms with Crippen molar-refractivity contribution in [3.8, 4) is 5.75 Å². The number of anilines is 1. The largest absolute Gasteiger partial charge is 0.497 e. The van der Waals surface area contributed by atoms with Gasteiger partial charge in [0.25, 0.3) is 0 Å². The number of rotatable bonds is 3. The Kier molecular flexibility index (Phi) is 3.99. The highest BCUT2D eigenvalue weighted by Crippen LogP contribution is 2.42. The maximum absolute atomic E-state index is 13.0. The van der Waals surface area contributed by atoms with Crippen LogP contribution in [0.25, 0.3) is 0 Å². The monoisotopic (exact) mass is 349 g/mol. The molecule has 0 N–H and O–H groups in total. The molecule has 0 bridgehead atoms. The van der Waals surface area contributed by atoms with Crippen molar-refractivity contribution in [3.05, 3.63) is 70.9 Å². The van der Waals surface area contributed by atoms with Crippen molar-refractivity contribution in [3.63, 3.8) is 0 Å². The number of amides is 1. The van der Waals surface area contributed by atoms with Crippen LogP contribution in [0, 0.1) is 6.92 Å². The van der Waals surface area contributed by atoms with Gasteiger partial charge in [-0.15, -0.1) is 0 Å². The Labute approximate surface area is 151 Å². The maximum Gasteiger partial charge on any atom is 0.336 e. The quantitative estimate of drug-likeness (QED) is 0.798. The third-order valence-electron chi connectivity index (χ3n) is 4.91. The number of aryl methyl sites for hydroxylation is 1. The van der Waals surface area contributed by atoms with Gasteiger partial charge >= 0.3 is 5.97 Å². The first-order valence-corrected chi connectivity index (χ1v) is 8.52. The van der Waals surface area contributed by atoms with Crippen molar-refractivity contribution >= 4 is 17.6 Å². The molecule has 0 radical (unpaired) electrons. The molecular formula is C21H19NO4. The molecule has 2 aromatic carbocycles. The molecule has 0 unspecified atom stereocenters. The van der Waals surface area contributed by atoms with Crippen LogP contribution in [0.2, 0.25) is 0 Å². The Hall–Kier alpha value is -3.08. The predicted molar refractivity (Wildman–Crippen MR) is 97.0 cm³/mol. The van der Waals surface area contributed by atoms with E-state index in [2.05, 4.69) is 0 Å². The summed E-state index contributed by atoms with van der Waals surface area (Å²) in [6.45, 7) is 2.11. The normalized spacial score (nSPS) is 19.5. The molecular weight excluding hydrogens is 330 g/mol. The second-order valence-corrected chi connectivity index (χ2v) is 6.53. The second kappa shape index (κ2) is 6.33. The summed E-state index contributed by atoms with van der Waals surface area (Å²) in [7, 11) is 1.60. The van der Waals surface area contributed by atoms with E-state index >= 15 is 0 Å². The van der Waals surface area contributed by atoms with E-state index in [-0.39, 0.29) is 30.8 Å². The zero-order valence-corrected chi connectivity index (χ0v) is 14.7. The van der Waals surface area contributed by atoms with Gasteiger partial charge in [-0.05, 0) is 36.8 Å². The van der Waals surface area contributed by atoms with Crippen molar-refractivity contribution < 1.29 is 19.1 Å². The molecule has 2 aliphatic rings. The van der Waals surface area contributed by atoms with E-state index in [0.717, 1.165) is 16.8 Å². The molecule has 1 atom stereocenters. The molecule has 2 heterocycles. The lowest BCUT2D eigenvalue weighted by Gasteiger charge is -2.32. The molecule has 0 saturated carbocycles. The molecule has 0 aromatic heterocycles. The van der Waals surface area contributed by atoms with Crippen molar-refractivity contribution in [2.75, 3.05) is 18.6 Å². The van der Waals surface area contributed by atoms with Crippen LogP contribution in [-0.4, -0.2) is 25.6 Å². The average molecular weight is 349 g/mol. The summed E-state index contributed by atoms with van der Waals surface area (Å²) in [4.78, 5) is 27.0.